The van der Waals surface area contributed by atoms with Crippen LogP contribution in [0, 0.1) is 0 Å². The summed E-state index contributed by atoms with van der Waals surface area (Å²) in [4.78, 5) is 22.6. The zero-order valence-electron chi connectivity index (χ0n) is 11.5. The van der Waals surface area contributed by atoms with E-state index in [1.165, 1.54) is 0 Å². The molecule has 1 aromatic carbocycles. The summed E-state index contributed by atoms with van der Waals surface area (Å²) in [7, 11) is 0. The first-order chi connectivity index (χ1) is 9.67. The summed E-state index contributed by atoms with van der Waals surface area (Å²) in [5.41, 5.74) is 0.699. The van der Waals surface area contributed by atoms with Crippen LogP contribution < -0.4 is 0 Å². The fourth-order valence-electron chi connectivity index (χ4n) is 1.44. The zero-order valence-corrected chi connectivity index (χ0v) is 11.5. The largest absolute Gasteiger partial charge is 0.508 e. The Kier molecular flexibility index (Phi) is 6.95. The number of carbonyl (C=O) groups is 2. The molecule has 0 bridgehead atoms. The highest BCUT2D eigenvalue weighted by Crippen LogP contribution is 2.18. The van der Waals surface area contributed by atoms with Crippen molar-refractivity contribution in [1.29, 1.82) is 0 Å². The van der Waals surface area contributed by atoms with E-state index in [-0.39, 0.29) is 19.8 Å². The van der Waals surface area contributed by atoms with Crippen molar-refractivity contribution in [2.45, 2.75) is 20.0 Å². The number of hydrogen-bond donors (Lipinski definition) is 0. The fourth-order valence-corrected chi connectivity index (χ4v) is 1.44. The summed E-state index contributed by atoms with van der Waals surface area (Å²) in [5.74, 6) is 0. The SMILES string of the molecule is CCOC(=O)OCC(OC(=O)OCC)c1ccccc1. The van der Waals surface area contributed by atoms with Crippen molar-refractivity contribution >= 4 is 12.3 Å². The topological polar surface area (TPSA) is 71.1 Å². The Morgan fingerprint density at radius 2 is 1.55 bits per heavy atom. The average molecular weight is 282 g/mol. The van der Waals surface area contributed by atoms with Gasteiger partial charge >= 0.3 is 12.3 Å². The van der Waals surface area contributed by atoms with Gasteiger partial charge in [0.05, 0.1) is 13.2 Å². The second kappa shape index (κ2) is 8.79. The lowest BCUT2D eigenvalue weighted by Crippen LogP contribution is -2.20. The molecule has 0 N–H and O–H groups in total. The van der Waals surface area contributed by atoms with Crippen LogP contribution in [-0.4, -0.2) is 32.1 Å². The van der Waals surface area contributed by atoms with E-state index in [9.17, 15) is 9.59 Å². The van der Waals surface area contributed by atoms with Gasteiger partial charge < -0.3 is 18.9 Å². The van der Waals surface area contributed by atoms with Crippen molar-refractivity contribution in [2.75, 3.05) is 19.8 Å². The van der Waals surface area contributed by atoms with E-state index >= 15 is 0 Å². The average Bonchev–Trinajstić information content (AvgIpc) is 2.45. The van der Waals surface area contributed by atoms with E-state index in [1.807, 2.05) is 6.07 Å². The lowest BCUT2D eigenvalue weighted by Gasteiger charge is -2.17. The van der Waals surface area contributed by atoms with Crippen LogP contribution >= 0.6 is 0 Å². The van der Waals surface area contributed by atoms with Crippen LogP contribution in [0.5, 0.6) is 0 Å². The molecule has 0 aromatic heterocycles. The summed E-state index contributed by atoms with van der Waals surface area (Å²) in [6, 6.07) is 8.94. The van der Waals surface area contributed by atoms with Crippen molar-refractivity contribution < 1.29 is 28.5 Å². The quantitative estimate of drug-likeness (QED) is 0.747. The van der Waals surface area contributed by atoms with Crippen molar-refractivity contribution in [2.24, 2.45) is 0 Å². The zero-order chi connectivity index (χ0) is 14.8. The minimum absolute atomic E-state index is 0.137. The second-order valence-corrected chi connectivity index (χ2v) is 3.69. The van der Waals surface area contributed by atoms with E-state index in [0.717, 1.165) is 0 Å². The molecule has 1 rings (SSSR count). The first-order valence-electron chi connectivity index (χ1n) is 6.35. The van der Waals surface area contributed by atoms with Gasteiger partial charge in [-0.3, -0.25) is 0 Å². The van der Waals surface area contributed by atoms with Gasteiger partial charge in [-0.1, -0.05) is 30.3 Å². The summed E-state index contributed by atoms with van der Waals surface area (Å²) in [6.07, 6.45) is -2.35. The van der Waals surface area contributed by atoms with E-state index in [0.29, 0.717) is 5.56 Å². The smallest absolute Gasteiger partial charge is 0.435 e. The molecule has 1 unspecified atom stereocenters. The maximum atomic E-state index is 11.4. The first-order valence-corrected chi connectivity index (χ1v) is 6.35. The lowest BCUT2D eigenvalue weighted by molar-refractivity contribution is -0.0156. The monoisotopic (exact) mass is 282 g/mol. The van der Waals surface area contributed by atoms with Gasteiger partial charge in [-0.2, -0.15) is 0 Å². The molecule has 1 aromatic rings. The molecule has 6 heteroatoms. The number of hydrogen-bond acceptors (Lipinski definition) is 6. The molecule has 20 heavy (non-hydrogen) atoms. The number of benzene rings is 1. The van der Waals surface area contributed by atoms with Crippen LogP contribution in [0.25, 0.3) is 0 Å². The van der Waals surface area contributed by atoms with Crippen LogP contribution in [-0.2, 0) is 18.9 Å². The number of ether oxygens (including phenoxy) is 4. The summed E-state index contributed by atoms with van der Waals surface area (Å²) in [5, 5.41) is 0. The number of carbonyl (C=O) groups excluding carboxylic acids is 2. The van der Waals surface area contributed by atoms with Gasteiger partial charge in [0, 0.05) is 0 Å². The molecule has 6 nitrogen and oxygen atoms in total. The van der Waals surface area contributed by atoms with Crippen LogP contribution in [0.15, 0.2) is 30.3 Å². The highest BCUT2D eigenvalue weighted by molar-refractivity contribution is 5.61. The molecule has 0 radical (unpaired) electrons. The maximum absolute atomic E-state index is 11.4. The summed E-state index contributed by atoms with van der Waals surface area (Å²) < 4.78 is 19.4. The molecule has 0 spiro atoms. The van der Waals surface area contributed by atoms with Gasteiger partial charge in [-0.25, -0.2) is 9.59 Å². The lowest BCUT2D eigenvalue weighted by atomic mass is 10.1. The maximum Gasteiger partial charge on any atom is 0.508 e. The van der Waals surface area contributed by atoms with E-state index < -0.39 is 18.4 Å². The van der Waals surface area contributed by atoms with Gasteiger partial charge in [0.15, 0.2) is 6.10 Å². The highest BCUT2D eigenvalue weighted by atomic mass is 16.7. The minimum Gasteiger partial charge on any atom is -0.435 e. The van der Waals surface area contributed by atoms with E-state index in [2.05, 4.69) is 4.74 Å². The Hall–Kier alpha value is -2.24. The Labute approximate surface area is 117 Å². The highest BCUT2D eigenvalue weighted by Gasteiger charge is 2.20. The molecule has 0 aliphatic rings. The van der Waals surface area contributed by atoms with Gasteiger partial charge in [-0.05, 0) is 19.4 Å². The van der Waals surface area contributed by atoms with Crippen LogP contribution in [0.2, 0.25) is 0 Å². The van der Waals surface area contributed by atoms with Crippen molar-refractivity contribution in [3.05, 3.63) is 35.9 Å². The molecule has 0 fully saturated rings. The third-order valence-electron chi connectivity index (χ3n) is 2.29. The molecule has 0 heterocycles. The van der Waals surface area contributed by atoms with Gasteiger partial charge in [0.1, 0.15) is 6.61 Å². The minimum atomic E-state index is -0.811. The Bertz CT molecular complexity index is 417. The second-order valence-electron chi connectivity index (χ2n) is 3.69. The molecule has 110 valence electrons. The molecular formula is C14H18O6. The van der Waals surface area contributed by atoms with Gasteiger partial charge in [0.25, 0.3) is 0 Å². The molecule has 0 aliphatic carbocycles. The predicted octanol–water partition coefficient (Wildman–Crippen LogP) is 3.07. The Morgan fingerprint density at radius 3 is 2.15 bits per heavy atom. The summed E-state index contributed by atoms with van der Waals surface area (Å²) >= 11 is 0. The first kappa shape index (κ1) is 15.8. The Morgan fingerprint density at radius 1 is 0.950 bits per heavy atom. The standard InChI is InChI=1S/C14H18O6/c1-3-17-13(15)19-10-12(20-14(16)18-4-2)11-8-6-5-7-9-11/h5-9,12H,3-4,10H2,1-2H3. The third kappa shape index (κ3) is 5.60. The normalized spacial score (nSPS) is 11.3. The van der Waals surface area contributed by atoms with Crippen molar-refractivity contribution in [3.63, 3.8) is 0 Å². The van der Waals surface area contributed by atoms with Crippen molar-refractivity contribution in [3.8, 4) is 0 Å². The van der Waals surface area contributed by atoms with E-state index in [1.54, 1.807) is 38.1 Å². The predicted molar refractivity (Wildman–Crippen MR) is 70.3 cm³/mol. The molecule has 0 amide bonds. The molecule has 0 saturated heterocycles. The van der Waals surface area contributed by atoms with Crippen molar-refractivity contribution in [1.82, 2.24) is 0 Å². The molecular weight excluding hydrogens is 264 g/mol. The third-order valence-corrected chi connectivity index (χ3v) is 2.29. The van der Waals surface area contributed by atoms with Gasteiger partial charge in [-0.15, -0.1) is 0 Å². The summed E-state index contributed by atoms with van der Waals surface area (Å²) in [6.45, 7) is 3.63. The van der Waals surface area contributed by atoms with Crippen LogP contribution in [0.4, 0.5) is 9.59 Å². The fraction of sp³-hybridized carbons (Fsp3) is 0.429. The molecule has 0 saturated carbocycles. The van der Waals surface area contributed by atoms with Crippen LogP contribution in [0.1, 0.15) is 25.5 Å². The number of rotatable bonds is 6. The van der Waals surface area contributed by atoms with Gasteiger partial charge in [0.2, 0.25) is 0 Å². The Balaban J connectivity index is 2.64. The molecule has 0 aliphatic heterocycles. The van der Waals surface area contributed by atoms with Crippen LogP contribution in [0.3, 0.4) is 0 Å². The molecule has 1 atom stereocenters. The van der Waals surface area contributed by atoms with E-state index in [4.69, 9.17) is 14.2 Å².